The van der Waals surface area contributed by atoms with E-state index in [1.54, 1.807) is 12.4 Å². The Morgan fingerprint density at radius 2 is 1.56 bits per heavy atom. The summed E-state index contributed by atoms with van der Waals surface area (Å²) in [6.07, 6.45) is 4.77. The third kappa shape index (κ3) is 2.57. The lowest BCUT2D eigenvalue weighted by molar-refractivity contribution is 0.477. The van der Waals surface area contributed by atoms with Gasteiger partial charge in [0, 0.05) is 0 Å². The van der Waals surface area contributed by atoms with Crippen LogP contribution in [0, 0.1) is 0 Å². The minimum absolute atomic E-state index is 0.536. The van der Waals surface area contributed by atoms with E-state index in [4.69, 9.17) is 4.74 Å². The summed E-state index contributed by atoms with van der Waals surface area (Å²) in [5.74, 6) is 1.99. The predicted molar refractivity (Wildman–Crippen MR) is 62.6 cm³/mol. The summed E-state index contributed by atoms with van der Waals surface area (Å²) in [4.78, 5) is 7.78. The standard InChI is InChI=1S/C13H14N2O/c1-10(2)11-3-5-12(6-4-11)16-13-7-14-9-15-8-13/h3-10H,1-2H3. The molecule has 0 saturated heterocycles. The molecule has 2 aromatic rings. The number of ether oxygens (including phenoxy) is 1. The van der Waals surface area contributed by atoms with E-state index in [0.29, 0.717) is 11.7 Å². The molecule has 0 aliphatic heterocycles. The molecule has 0 atom stereocenters. The van der Waals surface area contributed by atoms with Crippen LogP contribution in [0.25, 0.3) is 0 Å². The number of benzene rings is 1. The number of rotatable bonds is 3. The van der Waals surface area contributed by atoms with Gasteiger partial charge in [-0.15, -0.1) is 0 Å². The Labute approximate surface area is 95.1 Å². The van der Waals surface area contributed by atoms with E-state index in [0.717, 1.165) is 5.75 Å². The first-order valence-corrected chi connectivity index (χ1v) is 5.28. The minimum atomic E-state index is 0.536. The van der Waals surface area contributed by atoms with Crippen molar-refractivity contribution in [2.75, 3.05) is 0 Å². The van der Waals surface area contributed by atoms with Gasteiger partial charge in [-0.25, -0.2) is 9.97 Å². The van der Waals surface area contributed by atoms with E-state index < -0.39 is 0 Å². The largest absolute Gasteiger partial charge is 0.454 e. The van der Waals surface area contributed by atoms with Gasteiger partial charge in [-0.2, -0.15) is 0 Å². The molecule has 1 heterocycles. The Hall–Kier alpha value is -1.90. The van der Waals surface area contributed by atoms with Gasteiger partial charge in [0.05, 0.1) is 12.4 Å². The molecule has 0 saturated carbocycles. The topological polar surface area (TPSA) is 35.0 Å². The molecule has 0 N–H and O–H groups in total. The maximum Gasteiger partial charge on any atom is 0.163 e. The van der Waals surface area contributed by atoms with Gasteiger partial charge in [0.1, 0.15) is 12.1 Å². The molecule has 0 amide bonds. The van der Waals surface area contributed by atoms with Crippen LogP contribution >= 0.6 is 0 Å². The second-order valence-electron chi connectivity index (χ2n) is 3.90. The number of nitrogens with zero attached hydrogens (tertiary/aromatic N) is 2. The average molecular weight is 214 g/mol. The molecule has 1 aromatic carbocycles. The molecule has 0 unspecified atom stereocenters. The van der Waals surface area contributed by atoms with Crippen molar-refractivity contribution in [1.82, 2.24) is 9.97 Å². The Kier molecular flexibility index (Phi) is 3.15. The van der Waals surface area contributed by atoms with E-state index in [1.807, 2.05) is 12.1 Å². The van der Waals surface area contributed by atoms with Gasteiger partial charge in [0.15, 0.2) is 5.75 Å². The number of hydrogen-bond acceptors (Lipinski definition) is 3. The predicted octanol–water partition coefficient (Wildman–Crippen LogP) is 3.39. The minimum Gasteiger partial charge on any atom is -0.454 e. The molecule has 0 bridgehead atoms. The van der Waals surface area contributed by atoms with E-state index in [1.165, 1.54) is 11.9 Å². The van der Waals surface area contributed by atoms with Crippen LogP contribution in [0.2, 0.25) is 0 Å². The third-order valence-electron chi connectivity index (χ3n) is 2.32. The normalized spacial score (nSPS) is 10.4. The van der Waals surface area contributed by atoms with Gasteiger partial charge in [-0.05, 0) is 23.6 Å². The lowest BCUT2D eigenvalue weighted by Gasteiger charge is -2.07. The first-order chi connectivity index (χ1) is 7.75. The summed E-state index contributed by atoms with van der Waals surface area (Å²) in [6.45, 7) is 4.34. The quantitative estimate of drug-likeness (QED) is 0.785. The van der Waals surface area contributed by atoms with Crippen LogP contribution in [0.1, 0.15) is 25.3 Å². The SMILES string of the molecule is CC(C)c1ccc(Oc2cncnc2)cc1. The molecule has 0 radical (unpaired) electrons. The molecule has 1 aromatic heterocycles. The van der Waals surface area contributed by atoms with Crippen LogP contribution in [0.4, 0.5) is 0 Å². The lowest BCUT2D eigenvalue weighted by Crippen LogP contribution is -1.89. The van der Waals surface area contributed by atoms with Crippen molar-refractivity contribution in [2.45, 2.75) is 19.8 Å². The Bertz CT molecular complexity index is 437. The van der Waals surface area contributed by atoms with Gasteiger partial charge in [0.2, 0.25) is 0 Å². The van der Waals surface area contributed by atoms with Crippen molar-refractivity contribution >= 4 is 0 Å². The van der Waals surface area contributed by atoms with E-state index in [9.17, 15) is 0 Å². The molecule has 0 aliphatic carbocycles. The van der Waals surface area contributed by atoms with Crippen molar-refractivity contribution in [2.24, 2.45) is 0 Å². The van der Waals surface area contributed by atoms with Gasteiger partial charge < -0.3 is 4.74 Å². The van der Waals surface area contributed by atoms with Crippen LogP contribution < -0.4 is 4.74 Å². The van der Waals surface area contributed by atoms with Gasteiger partial charge in [-0.3, -0.25) is 0 Å². The van der Waals surface area contributed by atoms with Crippen LogP contribution in [0.3, 0.4) is 0 Å². The number of hydrogen-bond donors (Lipinski definition) is 0. The highest BCUT2D eigenvalue weighted by molar-refractivity contribution is 5.32. The second kappa shape index (κ2) is 4.75. The zero-order valence-electron chi connectivity index (χ0n) is 9.42. The van der Waals surface area contributed by atoms with Crippen molar-refractivity contribution in [1.29, 1.82) is 0 Å². The summed E-state index contributed by atoms with van der Waals surface area (Å²) >= 11 is 0. The molecular formula is C13H14N2O. The Balaban J connectivity index is 2.11. The molecule has 16 heavy (non-hydrogen) atoms. The van der Waals surface area contributed by atoms with E-state index in [-0.39, 0.29) is 0 Å². The highest BCUT2D eigenvalue weighted by Gasteiger charge is 2.00. The van der Waals surface area contributed by atoms with Crippen molar-refractivity contribution in [3.8, 4) is 11.5 Å². The van der Waals surface area contributed by atoms with Crippen molar-refractivity contribution < 1.29 is 4.74 Å². The summed E-state index contributed by atoms with van der Waals surface area (Å²) in [7, 11) is 0. The monoisotopic (exact) mass is 214 g/mol. The maximum atomic E-state index is 5.59. The highest BCUT2D eigenvalue weighted by atomic mass is 16.5. The van der Waals surface area contributed by atoms with Gasteiger partial charge >= 0.3 is 0 Å². The zero-order chi connectivity index (χ0) is 11.4. The third-order valence-corrected chi connectivity index (χ3v) is 2.32. The smallest absolute Gasteiger partial charge is 0.163 e. The Morgan fingerprint density at radius 1 is 0.938 bits per heavy atom. The molecule has 3 heteroatoms. The molecule has 0 aliphatic rings. The first kappa shape index (κ1) is 10.6. The van der Waals surface area contributed by atoms with E-state index in [2.05, 4.69) is 35.9 Å². The second-order valence-corrected chi connectivity index (χ2v) is 3.90. The van der Waals surface area contributed by atoms with Crippen molar-refractivity contribution in [3.05, 3.63) is 48.5 Å². The molecule has 82 valence electrons. The molecule has 2 rings (SSSR count). The first-order valence-electron chi connectivity index (χ1n) is 5.28. The van der Waals surface area contributed by atoms with Crippen LogP contribution in [-0.4, -0.2) is 9.97 Å². The van der Waals surface area contributed by atoms with Gasteiger partial charge in [0.25, 0.3) is 0 Å². The van der Waals surface area contributed by atoms with Crippen LogP contribution in [-0.2, 0) is 0 Å². The molecule has 3 nitrogen and oxygen atoms in total. The van der Waals surface area contributed by atoms with Crippen LogP contribution in [0.5, 0.6) is 11.5 Å². The van der Waals surface area contributed by atoms with E-state index >= 15 is 0 Å². The average Bonchev–Trinajstić information content (AvgIpc) is 2.31. The molecule has 0 spiro atoms. The van der Waals surface area contributed by atoms with Gasteiger partial charge in [-0.1, -0.05) is 26.0 Å². The summed E-state index contributed by atoms with van der Waals surface area (Å²) in [5, 5.41) is 0. The lowest BCUT2D eigenvalue weighted by atomic mass is 10.0. The summed E-state index contributed by atoms with van der Waals surface area (Å²) in [5.41, 5.74) is 1.30. The fourth-order valence-corrected chi connectivity index (χ4v) is 1.39. The Morgan fingerprint density at radius 3 is 2.12 bits per heavy atom. The fourth-order valence-electron chi connectivity index (χ4n) is 1.39. The fraction of sp³-hybridized carbons (Fsp3) is 0.231. The zero-order valence-corrected chi connectivity index (χ0v) is 9.42. The molecular weight excluding hydrogens is 200 g/mol. The molecule has 0 fully saturated rings. The summed E-state index contributed by atoms with van der Waals surface area (Å²) < 4.78 is 5.59. The maximum absolute atomic E-state index is 5.59. The number of aromatic nitrogens is 2. The van der Waals surface area contributed by atoms with Crippen molar-refractivity contribution in [3.63, 3.8) is 0 Å². The highest BCUT2D eigenvalue weighted by Crippen LogP contribution is 2.22. The van der Waals surface area contributed by atoms with Crippen LogP contribution in [0.15, 0.2) is 43.0 Å². The summed E-state index contributed by atoms with van der Waals surface area (Å²) in [6, 6.07) is 8.07.